The molecule has 3 N–H and O–H groups in total. The zero-order valence-electron chi connectivity index (χ0n) is 14.5. The number of nitrogens with two attached hydrogens (primary N) is 1. The number of likely N-dealkylation sites (N-methyl/N-ethyl adjacent to an activating group) is 1. The van der Waals surface area contributed by atoms with E-state index in [0.717, 1.165) is 37.8 Å². The molecule has 0 radical (unpaired) electrons. The summed E-state index contributed by atoms with van der Waals surface area (Å²) in [5, 5.41) is 3.07. The Hall–Kier alpha value is -0.610. The number of hydrogen-bond donors (Lipinski definition) is 2. The second-order valence-electron chi connectivity index (χ2n) is 7.23. The molecule has 4 heteroatoms. The van der Waals surface area contributed by atoms with Crippen molar-refractivity contribution in [3.63, 3.8) is 0 Å². The molecule has 0 saturated heterocycles. The van der Waals surface area contributed by atoms with E-state index >= 15 is 0 Å². The molecule has 0 bridgehead atoms. The average molecular weight is 297 g/mol. The Morgan fingerprint density at radius 3 is 2.43 bits per heavy atom. The standard InChI is InChI=1S/C17H35N3O/c1-14(2)13-20(15-9-5-6-10-15)12-8-7-11-17(3,19-4)16(18)21/h14-15,19H,5-13H2,1-4H3,(H2,18,21). The van der Waals surface area contributed by atoms with Gasteiger partial charge in [0, 0.05) is 12.6 Å². The maximum absolute atomic E-state index is 11.5. The molecule has 0 aromatic carbocycles. The van der Waals surface area contributed by atoms with E-state index in [0.29, 0.717) is 0 Å². The van der Waals surface area contributed by atoms with Crippen LogP contribution < -0.4 is 11.1 Å². The number of hydrogen-bond acceptors (Lipinski definition) is 3. The summed E-state index contributed by atoms with van der Waals surface area (Å²) in [6.45, 7) is 8.85. The number of amides is 1. The molecule has 1 rings (SSSR count). The molecule has 0 aromatic heterocycles. The molecule has 1 atom stereocenters. The van der Waals surface area contributed by atoms with Crippen LogP contribution in [-0.4, -0.2) is 42.5 Å². The van der Waals surface area contributed by atoms with Gasteiger partial charge in [-0.2, -0.15) is 0 Å². The molecule has 0 heterocycles. The largest absolute Gasteiger partial charge is 0.368 e. The number of carbonyl (C=O) groups excluding carboxylic acids is 1. The van der Waals surface area contributed by atoms with Crippen molar-refractivity contribution in [2.75, 3.05) is 20.1 Å². The molecule has 21 heavy (non-hydrogen) atoms. The van der Waals surface area contributed by atoms with Crippen molar-refractivity contribution in [1.29, 1.82) is 0 Å². The average Bonchev–Trinajstić information content (AvgIpc) is 2.95. The van der Waals surface area contributed by atoms with Gasteiger partial charge in [-0.3, -0.25) is 4.79 Å². The number of primary amides is 1. The van der Waals surface area contributed by atoms with Crippen LogP contribution in [0.3, 0.4) is 0 Å². The van der Waals surface area contributed by atoms with E-state index in [1.165, 1.54) is 32.2 Å². The van der Waals surface area contributed by atoms with Gasteiger partial charge in [-0.1, -0.05) is 26.7 Å². The van der Waals surface area contributed by atoms with Crippen LogP contribution in [0.1, 0.15) is 65.7 Å². The van der Waals surface area contributed by atoms with Crippen LogP contribution in [0.15, 0.2) is 0 Å². The highest BCUT2D eigenvalue weighted by Gasteiger charge is 2.28. The van der Waals surface area contributed by atoms with Crippen LogP contribution in [0.4, 0.5) is 0 Å². The Kier molecular flexibility index (Phi) is 7.67. The Morgan fingerprint density at radius 1 is 1.33 bits per heavy atom. The van der Waals surface area contributed by atoms with Gasteiger partial charge in [-0.25, -0.2) is 0 Å². The van der Waals surface area contributed by atoms with Crippen molar-refractivity contribution in [2.45, 2.75) is 77.3 Å². The number of carbonyl (C=O) groups is 1. The highest BCUT2D eigenvalue weighted by molar-refractivity contribution is 5.84. The summed E-state index contributed by atoms with van der Waals surface area (Å²) in [5.41, 5.74) is 4.92. The normalized spacial score (nSPS) is 19.3. The lowest BCUT2D eigenvalue weighted by molar-refractivity contribution is -0.123. The van der Waals surface area contributed by atoms with Crippen molar-refractivity contribution >= 4 is 5.91 Å². The van der Waals surface area contributed by atoms with Crippen LogP contribution in [0.2, 0.25) is 0 Å². The zero-order chi connectivity index (χ0) is 15.9. The minimum absolute atomic E-state index is 0.250. The predicted molar refractivity (Wildman–Crippen MR) is 89.2 cm³/mol. The van der Waals surface area contributed by atoms with E-state index in [2.05, 4.69) is 24.1 Å². The summed E-state index contributed by atoms with van der Waals surface area (Å²) < 4.78 is 0. The Labute approximate surface area is 130 Å². The van der Waals surface area contributed by atoms with Crippen LogP contribution in [-0.2, 0) is 4.79 Å². The molecule has 1 saturated carbocycles. The summed E-state index contributed by atoms with van der Waals surface area (Å²) in [6, 6.07) is 0.791. The molecular formula is C17H35N3O. The molecule has 1 unspecified atom stereocenters. The SMILES string of the molecule is CNC(C)(CCCCN(CC(C)C)C1CCCC1)C(N)=O. The lowest BCUT2D eigenvalue weighted by atomic mass is 9.94. The van der Waals surface area contributed by atoms with Crippen LogP contribution in [0.5, 0.6) is 0 Å². The van der Waals surface area contributed by atoms with Crippen molar-refractivity contribution in [2.24, 2.45) is 11.7 Å². The van der Waals surface area contributed by atoms with Gasteiger partial charge in [-0.05, 0) is 58.5 Å². The number of unbranched alkanes of at least 4 members (excludes halogenated alkanes) is 1. The van der Waals surface area contributed by atoms with E-state index in [1.807, 2.05) is 14.0 Å². The van der Waals surface area contributed by atoms with Crippen molar-refractivity contribution in [1.82, 2.24) is 10.2 Å². The fraction of sp³-hybridized carbons (Fsp3) is 0.941. The van der Waals surface area contributed by atoms with Crippen molar-refractivity contribution in [3.05, 3.63) is 0 Å². The molecule has 124 valence electrons. The molecule has 0 aromatic rings. The maximum Gasteiger partial charge on any atom is 0.237 e. The minimum Gasteiger partial charge on any atom is -0.368 e. The third-order valence-electron chi connectivity index (χ3n) is 4.91. The summed E-state index contributed by atoms with van der Waals surface area (Å²) in [4.78, 5) is 14.2. The number of nitrogens with zero attached hydrogens (tertiary/aromatic N) is 1. The molecule has 1 aliphatic carbocycles. The Morgan fingerprint density at radius 2 is 1.95 bits per heavy atom. The molecule has 0 aliphatic heterocycles. The van der Waals surface area contributed by atoms with Gasteiger partial charge in [0.2, 0.25) is 5.91 Å². The summed E-state index contributed by atoms with van der Waals surface area (Å²) in [5.74, 6) is 0.471. The van der Waals surface area contributed by atoms with Gasteiger partial charge >= 0.3 is 0 Å². The first kappa shape index (κ1) is 18.4. The summed E-state index contributed by atoms with van der Waals surface area (Å²) in [7, 11) is 1.81. The van der Waals surface area contributed by atoms with E-state index in [4.69, 9.17) is 5.73 Å². The third kappa shape index (κ3) is 5.95. The second-order valence-corrected chi connectivity index (χ2v) is 7.23. The molecule has 0 spiro atoms. The smallest absolute Gasteiger partial charge is 0.237 e. The van der Waals surface area contributed by atoms with Crippen LogP contribution in [0, 0.1) is 5.92 Å². The van der Waals surface area contributed by atoms with Crippen LogP contribution in [0.25, 0.3) is 0 Å². The second kappa shape index (κ2) is 8.74. The first-order valence-corrected chi connectivity index (χ1v) is 8.62. The number of rotatable bonds is 10. The predicted octanol–water partition coefficient (Wildman–Crippen LogP) is 2.52. The molecule has 1 amide bonds. The molecular weight excluding hydrogens is 262 g/mol. The van der Waals surface area contributed by atoms with Gasteiger partial charge in [-0.15, -0.1) is 0 Å². The summed E-state index contributed by atoms with van der Waals surface area (Å²) >= 11 is 0. The van der Waals surface area contributed by atoms with Gasteiger partial charge < -0.3 is 16.0 Å². The van der Waals surface area contributed by atoms with E-state index in [9.17, 15) is 4.79 Å². The van der Waals surface area contributed by atoms with Crippen LogP contribution >= 0.6 is 0 Å². The Balaban J connectivity index is 2.37. The third-order valence-corrected chi connectivity index (χ3v) is 4.91. The fourth-order valence-electron chi connectivity index (χ4n) is 3.33. The maximum atomic E-state index is 11.5. The molecule has 1 fully saturated rings. The zero-order valence-corrected chi connectivity index (χ0v) is 14.5. The van der Waals surface area contributed by atoms with Crippen molar-refractivity contribution in [3.8, 4) is 0 Å². The monoisotopic (exact) mass is 297 g/mol. The first-order valence-electron chi connectivity index (χ1n) is 8.62. The van der Waals surface area contributed by atoms with E-state index < -0.39 is 5.54 Å². The van der Waals surface area contributed by atoms with Gasteiger partial charge in [0.25, 0.3) is 0 Å². The minimum atomic E-state index is -0.559. The van der Waals surface area contributed by atoms with E-state index in [-0.39, 0.29) is 5.91 Å². The molecule has 1 aliphatic rings. The lowest BCUT2D eigenvalue weighted by Gasteiger charge is -2.31. The summed E-state index contributed by atoms with van der Waals surface area (Å²) in [6.07, 6.45) is 8.51. The Bertz CT molecular complexity index is 313. The quantitative estimate of drug-likeness (QED) is 0.609. The molecule has 4 nitrogen and oxygen atoms in total. The van der Waals surface area contributed by atoms with Gasteiger partial charge in [0.15, 0.2) is 0 Å². The highest BCUT2D eigenvalue weighted by atomic mass is 16.1. The van der Waals surface area contributed by atoms with Crippen molar-refractivity contribution < 1.29 is 4.79 Å². The highest BCUT2D eigenvalue weighted by Crippen LogP contribution is 2.25. The fourth-order valence-corrected chi connectivity index (χ4v) is 3.33. The van der Waals surface area contributed by atoms with E-state index in [1.54, 1.807) is 0 Å². The number of nitrogens with one attached hydrogen (secondary N) is 1. The van der Waals surface area contributed by atoms with Gasteiger partial charge in [0.05, 0.1) is 5.54 Å². The lowest BCUT2D eigenvalue weighted by Crippen LogP contribution is -2.51. The first-order chi connectivity index (χ1) is 9.89. The van der Waals surface area contributed by atoms with Gasteiger partial charge in [0.1, 0.15) is 0 Å². The topological polar surface area (TPSA) is 58.4 Å².